The number of hydrogen-bond acceptors (Lipinski definition) is 4. The third-order valence-corrected chi connectivity index (χ3v) is 1.73. The molecule has 1 atom stereocenters. The number of nitrogens with zero attached hydrogens (tertiary/aromatic N) is 1. The van der Waals surface area contributed by atoms with Gasteiger partial charge in [-0.25, -0.2) is 0 Å². The van der Waals surface area contributed by atoms with E-state index in [1.165, 1.54) is 0 Å². The summed E-state index contributed by atoms with van der Waals surface area (Å²) in [5.74, 6) is 0. The molecule has 0 aromatic carbocycles. The normalized spacial score (nSPS) is 31.6. The molecule has 1 rings (SSSR count). The van der Waals surface area contributed by atoms with E-state index in [4.69, 9.17) is 15.1 Å². The van der Waals surface area contributed by atoms with Gasteiger partial charge in [-0.2, -0.15) is 5.26 Å². The molecule has 1 heterocycles. The predicted molar refractivity (Wildman–Crippen MR) is 34.0 cm³/mol. The first-order valence-corrected chi connectivity index (χ1v) is 3.18. The molecule has 1 aliphatic rings. The Balaban J connectivity index is 2.51. The second-order valence-corrected chi connectivity index (χ2v) is 2.48. The van der Waals surface area contributed by atoms with Gasteiger partial charge in [0, 0.05) is 6.61 Å². The van der Waals surface area contributed by atoms with Crippen molar-refractivity contribution in [3.8, 4) is 6.19 Å². The van der Waals surface area contributed by atoms with Crippen LogP contribution in [0.15, 0.2) is 0 Å². The quantitative estimate of drug-likeness (QED) is 0.391. The average molecular weight is 142 g/mol. The zero-order chi connectivity index (χ0) is 7.45. The molecular formula is C6H10N2O2. The molecule has 2 N–H and O–H groups in total. The predicted octanol–water partition coefficient (Wildman–Crippen LogP) is -0.792. The number of aliphatic hydroxyl groups is 1. The second-order valence-electron chi connectivity index (χ2n) is 2.48. The van der Waals surface area contributed by atoms with Gasteiger partial charge >= 0.3 is 0 Å². The van der Waals surface area contributed by atoms with Crippen molar-refractivity contribution in [2.75, 3.05) is 19.8 Å². The SMILES string of the molecule is N#CNC1(CO)CCOC1. The molecule has 0 amide bonds. The zero-order valence-electron chi connectivity index (χ0n) is 5.63. The van der Waals surface area contributed by atoms with Crippen molar-refractivity contribution in [2.24, 2.45) is 0 Å². The Hall–Kier alpha value is -0.790. The van der Waals surface area contributed by atoms with E-state index < -0.39 is 5.54 Å². The molecule has 4 nitrogen and oxygen atoms in total. The summed E-state index contributed by atoms with van der Waals surface area (Å²) in [6.45, 7) is 1.01. The number of nitriles is 1. The van der Waals surface area contributed by atoms with Crippen molar-refractivity contribution in [3.63, 3.8) is 0 Å². The minimum Gasteiger partial charge on any atom is -0.394 e. The van der Waals surface area contributed by atoms with Gasteiger partial charge in [-0.3, -0.25) is 0 Å². The Labute approximate surface area is 59.4 Å². The summed E-state index contributed by atoms with van der Waals surface area (Å²) in [5, 5.41) is 19.7. The molecule has 0 aliphatic carbocycles. The van der Waals surface area contributed by atoms with Gasteiger partial charge in [0.15, 0.2) is 6.19 Å². The molecule has 1 aliphatic heterocycles. The van der Waals surface area contributed by atoms with Gasteiger partial charge < -0.3 is 15.2 Å². The maximum atomic E-state index is 8.85. The fraction of sp³-hybridized carbons (Fsp3) is 0.833. The van der Waals surface area contributed by atoms with Gasteiger partial charge in [0.1, 0.15) is 0 Å². The Morgan fingerprint density at radius 1 is 1.80 bits per heavy atom. The fourth-order valence-corrected chi connectivity index (χ4v) is 0.989. The molecule has 0 radical (unpaired) electrons. The Morgan fingerprint density at radius 2 is 2.60 bits per heavy atom. The summed E-state index contributed by atoms with van der Waals surface area (Å²) in [6, 6.07) is 0. The van der Waals surface area contributed by atoms with E-state index in [1.807, 2.05) is 6.19 Å². The van der Waals surface area contributed by atoms with Crippen LogP contribution in [0.25, 0.3) is 0 Å². The van der Waals surface area contributed by atoms with E-state index in [9.17, 15) is 0 Å². The van der Waals surface area contributed by atoms with Crippen molar-refractivity contribution >= 4 is 0 Å². The maximum Gasteiger partial charge on any atom is 0.177 e. The molecule has 10 heavy (non-hydrogen) atoms. The third kappa shape index (κ3) is 1.20. The third-order valence-electron chi connectivity index (χ3n) is 1.73. The fourth-order valence-electron chi connectivity index (χ4n) is 0.989. The Morgan fingerprint density at radius 3 is 3.00 bits per heavy atom. The van der Waals surface area contributed by atoms with Crippen LogP contribution in [0.2, 0.25) is 0 Å². The topological polar surface area (TPSA) is 65.3 Å². The van der Waals surface area contributed by atoms with Gasteiger partial charge in [0.25, 0.3) is 0 Å². The number of hydrogen-bond donors (Lipinski definition) is 2. The van der Waals surface area contributed by atoms with E-state index in [0.29, 0.717) is 19.6 Å². The van der Waals surface area contributed by atoms with E-state index in [2.05, 4.69) is 5.32 Å². The largest absolute Gasteiger partial charge is 0.394 e. The monoisotopic (exact) mass is 142 g/mol. The minimum atomic E-state index is -0.491. The summed E-state index contributed by atoms with van der Waals surface area (Å²) in [4.78, 5) is 0. The van der Waals surface area contributed by atoms with Crippen LogP contribution in [-0.4, -0.2) is 30.5 Å². The molecule has 0 aromatic heterocycles. The lowest BCUT2D eigenvalue weighted by molar-refractivity contribution is 0.131. The highest BCUT2D eigenvalue weighted by Gasteiger charge is 2.33. The molecule has 0 spiro atoms. The van der Waals surface area contributed by atoms with Gasteiger partial charge in [-0.05, 0) is 6.42 Å². The van der Waals surface area contributed by atoms with Crippen LogP contribution in [0.4, 0.5) is 0 Å². The first-order chi connectivity index (χ1) is 4.83. The summed E-state index contributed by atoms with van der Waals surface area (Å²) in [6.07, 6.45) is 2.52. The molecule has 0 saturated carbocycles. The van der Waals surface area contributed by atoms with Gasteiger partial charge in [-0.15, -0.1) is 0 Å². The van der Waals surface area contributed by atoms with Crippen LogP contribution in [0.3, 0.4) is 0 Å². The Kier molecular flexibility index (Phi) is 2.10. The van der Waals surface area contributed by atoms with Crippen LogP contribution in [-0.2, 0) is 4.74 Å². The highest BCUT2D eigenvalue weighted by molar-refractivity contribution is 4.95. The van der Waals surface area contributed by atoms with Crippen LogP contribution >= 0.6 is 0 Å². The first-order valence-electron chi connectivity index (χ1n) is 3.18. The molecule has 1 unspecified atom stereocenters. The highest BCUT2D eigenvalue weighted by Crippen LogP contribution is 2.16. The lowest BCUT2D eigenvalue weighted by atomic mass is 10.0. The molecule has 1 fully saturated rings. The molecule has 4 heteroatoms. The molecular weight excluding hydrogens is 132 g/mol. The van der Waals surface area contributed by atoms with Gasteiger partial charge in [0.05, 0.1) is 18.8 Å². The van der Waals surface area contributed by atoms with Crippen LogP contribution < -0.4 is 5.32 Å². The standard InChI is InChI=1S/C6H10N2O2/c7-5-8-6(3-9)1-2-10-4-6/h8-9H,1-4H2. The van der Waals surface area contributed by atoms with Gasteiger partial charge in [-0.1, -0.05) is 0 Å². The zero-order valence-corrected chi connectivity index (χ0v) is 5.63. The van der Waals surface area contributed by atoms with Crippen molar-refractivity contribution in [3.05, 3.63) is 0 Å². The average Bonchev–Trinajstić information content (AvgIpc) is 2.39. The molecule has 1 saturated heterocycles. The second kappa shape index (κ2) is 2.86. The van der Waals surface area contributed by atoms with Crippen molar-refractivity contribution in [1.82, 2.24) is 5.32 Å². The first kappa shape index (κ1) is 7.32. The van der Waals surface area contributed by atoms with Crippen molar-refractivity contribution in [1.29, 1.82) is 5.26 Å². The van der Waals surface area contributed by atoms with Crippen molar-refractivity contribution < 1.29 is 9.84 Å². The summed E-state index contributed by atoms with van der Waals surface area (Å²) >= 11 is 0. The summed E-state index contributed by atoms with van der Waals surface area (Å²) in [5.41, 5.74) is -0.491. The Bertz CT molecular complexity index is 146. The summed E-state index contributed by atoms with van der Waals surface area (Å²) in [7, 11) is 0. The van der Waals surface area contributed by atoms with E-state index in [0.717, 1.165) is 0 Å². The van der Waals surface area contributed by atoms with Crippen molar-refractivity contribution in [2.45, 2.75) is 12.0 Å². The lowest BCUT2D eigenvalue weighted by Gasteiger charge is -2.21. The van der Waals surface area contributed by atoms with Crippen LogP contribution in [0.5, 0.6) is 0 Å². The smallest absolute Gasteiger partial charge is 0.177 e. The number of aliphatic hydroxyl groups excluding tert-OH is 1. The maximum absolute atomic E-state index is 8.85. The minimum absolute atomic E-state index is 0.0411. The number of nitrogens with one attached hydrogen (secondary N) is 1. The molecule has 0 bridgehead atoms. The van der Waals surface area contributed by atoms with Gasteiger partial charge in [0.2, 0.25) is 0 Å². The lowest BCUT2D eigenvalue weighted by Crippen LogP contribution is -2.46. The van der Waals surface area contributed by atoms with Crippen LogP contribution in [0, 0.1) is 11.5 Å². The molecule has 0 aromatic rings. The van der Waals surface area contributed by atoms with E-state index in [1.54, 1.807) is 0 Å². The number of ether oxygens (including phenoxy) is 1. The highest BCUT2D eigenvalue weighted by atomic mass is 16.5. The van der Waals surface area contributed by atoms with E-state index >= 15 is 0 Å². The summed E-state index contributed by atoms with van der Waals surface area (Å²) < 4.78 is 5.03. The van der Waals surface area contributed by atoms with Crippen LogP contribution in [0.1, 0.15) is 6.42 Å². The molecule has 56 valence electrons. The van der Waals surface area contributed by atoms with E-state index in [-0.39, 0.29) is 6.61 Å². The number of rotatable bonds is 2.